The van der Waals surface area contributed by atoms with Crippen LogP contribution in [0.1, 0.15) is 16.5 Å². The van der Waals surface area contributed by atoms with Crippen LogP contribution in [0.25, 0.3) is 0 Å². The van der Waals surface area contributed by atoms with Crippen LogP contribution in [0, 0.1) is 0 Å². The summed E-state index contributed by atoms with van der Waals surface area (Å²) in [5.41, 5.74) is 0. The molecule has 0 spiro atoms. The zero-order chi connectivity index (χ0) is 11.5. The van der Waals surface area contributed by atoms with Gasteiger partial charge in [0.25, 0.3) is 0 Å². The van der Waals surface area contributed by atoms with Crippen molar-refractivity contribution in [1.82, 2.24) is 25.2 Å². The van der Waals surface area contributed by atoms with Gasteiger partial charge in [-0.15, -0.1) is 0 Å². The van der Waals surface area contributed by atoms with Crippen molar-refractivity contribution in [2.45, 2.75) is 6.54 Å². The number of rotatable bonds is 3. The molecule has 0 aliphatic carbocycles. The summed E-state index contributed by atoms with van der Waals surface area (Å²) >= 11 is 3.27. The third-order valence-electron chi connectivity index (χ3n) is 1.79. The monoisotopic (exact) mass is 285 g/mol. The third-order valence-corrected chi connectivity index (χ3v) is 2.20. The molecule has 84 valence electrons. The molecule has 0 aromatic carbocycles. The molecule has 0 radical (unpaired) electrons. The first-order chi connectivity index (χ1) is 7.69. The Balaban J connectivity index is 2.11. The van der Waals surface area contributed by atoms with E-state index in [4.69, 9.17) is 4.52 Å². The smallest absolute Gasteiger partial charge is 0.315 e. The molecule has 1 amide bonds. The van der Waals surface area contributed by atoms with Gasteiger partial charge in [0.1, 0.15) is 6.54 Å². The molecule has 2 aromatic rings. The Labute approximate surface area is 99.0 Å². The Bertz CT molecular complexity index is 506. The molecule has 7 nitrogen and oxygen atoms in total. The summed E-state index contributed by atoms with van der Waals surface area (Å²) in [6, 6.07) is 0. The highest BCUT2D eigenvalue weighted by Gasteiger charge is 2.13. The Morgan fingerprint density at radius 1 is 1.69 bits per heavy atom. The van der Waals surface area contributed by atoms with E-state index in [0.717, 1.165) is 4.47 Å². The fourth-order valence-electron chi connectivity index (χ4n) is 1.09. The molecule has 2 heterocycles. The zero-order valence-electron chi connectivity index (χ0n) is 8.35. The van der Waals surface area contributed by atoms with Gasteiger partial charge in [0.05, 0.1) is 10.7 Å². The van der Waals surface area contributed by atoms with Gasteiger partial charge in [-0.25, -0.2) is 0 Å². The molecule has 0 aliphatic rings. The topological polar surface area (TPSA) is 85.8 Å². The van der Waals surface area contributed by atoms with Gasteiger partial charge in [0.2, 0.25) is 0 Å². The highest BCUT2D eigenvalue weighted by molar-refractivity contribution is 9.10. The summed E-state index contributed by atoms with van der Waals surface area (Å²) in [4.78, 5) is 15.1. The normalized spacial score (nSPS) is 10.4. The fraction of sp³-hybridized carbons (Fsp3) is 0.250. The standard InChI is InChI=1S/C8H8BrN5O2/c1-10-7(15)8-12-6(13-16-8)4-14-3-5(9)2-11-14/h2-3H,4H2,1H3,(H,10,15). The molecule has 0 unspecified atom stereocenters. The van der Waals surface area contributed by atoms with Gasteiger partial charge in [-0.2, -0.15) is 10.1 Å². The van der Waals surface area contributed by atoms with Crippen LogP contribution in [0.5, 0.6) is 0 Å². The lowest BCUT2D eigenvalue weighted by atomic mass is 10.5. The molecular weight excluding hydrogens is 278 g/mol. The Kier molecular flexibility index (Phi) is 3.00. The zero-order valence-corrected chi connectivity index (χ0v) is 9.93. The Hall–Kier alpha value is -1.70. The average molecular weight is 286 g/mol. The average Bonchev–Trinajstić information content (AvgIpc) is 2.87. The van der Waals surface area contributed by atoms with Gasteiger partial charge >= 0.3 is 11.8 Å². The molecule has 2 rings (SSSR count). The predicted molar refractivity (Wildman–Crippen MR) is 56.7 cm³/mol. The van der Waals surface area contributed by atoms with Gasteiger partial charge in [-0.1, -0.05) is 5.16 Å². The van der Waals surface area contributed by atoms with Gasteiger partial charge in [0, 0.05) is 13.2 Å². The molecular formula is C8H8BrN5O2. The summed E-state index contributed by atoms with van der Waals surface area (Å²) in [5.74, 6) is -0.0571. The van der Waals surface area contributed by atoms with Crippen LogP contribution in [0.2, 0.25) is 0 Å². The molecule has 0 bridgehead atoms. The SMILES string of the molecule is CNC(=O)c1nc(Cn2cc(Br)cn2)no1. The summed E-state index contributed by atoms with van der Waals surface area (Å²) in [7, 11) is 1.50. The van der Waals surface area contributed by atoms with Crippen molar-refractivity contribution < 1.29 is 9.32 Å². The third kappa shape index (κ3) is 2.27. The van der Waals surface area contributed by atoms with E-state index in [9.17, 15) is 4.79 Å². The van der Waals surface area contributed by atoms with Gasteiger partial charge in [0.15, 0.2) is 5.82 Å². The predicted octanol–water partition coefficient (Wildman–Crippen LogP) is 0.436. The van der Waals surface area contributed by atoms with Crippen molar-refractivity contribution >= 4 is 21.8 Å². The quantitative estimate of drug-likeness (QED) is 0.884. The maximum atomic E-state index is 11.1. The van der Waals surface area contributed by atoms with Crippen LogP contribution in [-0.2, 0) is 6.54 Å². The second kappa shape index (κ2) is 4.44. The number of carbonyl (C=O) groups excluding carboxylic acids is 1. The molecule has 0 saturated carbocycles. The van der Waals surface area contributed by atoms with Crippen LogP contribution in [0.15, 0.2) is 21.4 Å². The van der Waals surface area contributed by atoms with E-state index in [1.165, 1.54) is 7.05 Å². The van der Waals surface area contributed by atoms with Crippen molar-refractivity contribution in [3.05, 3.63) is 28.6 Å². The Morgan fingerprint density at radius 3 is 3.12 bits per heavy atom. The van der Waals surface area contributed by atoms with E-state index < -0.39 is 5.91 Å². The molecule has 0 fully saturated rings. The second-order valence-corrected chi connectivity index (χ2v) is 3.87. The minimum atomic E-state index is -0.402. The first kappa shape index (κ1) is 10.8. The highest BCUT2D eigenvalue weighted by Crippen LogP contribution is 2.07. The molecule has 2 aromatic heterocycles. The minimum absolute atomic E-state index is 0.0521. The van der Waals surface area contributed by atoms with Crippen LogP contribution in [0.4, 0.5) is 0 Å². The molecule has 0 aliphatic heterocycles. The lowest BCUT2D eigenvalue weighted by Crippen LogP contribution is -2.18. The second-order valence-electron chi connectivity index (χ2n) is 2.95. The number of hydrogen-bond acceptors (Lipinski definition) is 5. The highest BCUT2D eigenvalue weighted by atomic mass is 79.9. The molecule has 1 N–H and O–H groups in total. The molecule has 0 atom stereocenters. The van der Waals surface area contributed by atoms with E-state index in [1.54, 1.807) is 17.1 Å². The lowest BCUT2D eigenvalue weighted by molar-refractivity contribution is 0.0919. The first-order valence-electron chi connectivity index (χ1n) is 4.41. The van der Waals surface area contributed by atoms with Gasteiger partial charge in [-0.3, -0.25) is 9.48 Å². The largest absolute Gasteiger partial charge is 0.351 e. The number of carbonyl (C=O) groups is 1. The van der Waals surface area contributed by atoms with Crippen molar-refractivity contribution in [1.29, 1.82) is 0 Å². The van der Waals surface area contributed by atoms with Crippen LogP contribution >= 0.6 is 15.9 Å². The van der Waals surface area contributed by atoms with E-state index in [0.29, 0.717) is 12.4 Å². The number of hydrogen-bond donors (Lipinski definition) is 1. The van der Waals surface area contributed by atoms with E-state index in [2.05, 4.69) is 36.5 Å². The maximum absolute atomic E-state index is 11.1. The van der Waals surface area contributed by atoms with E-state index in [1.807, 2.05) is 0 Å². The molecule has 0 saturated heterocycles. The van der Waals surface area contributed by atoms with Crippen molar-refractivity contribution in [3.8, 4) is 0 Å². The van der Waals surface area contributed by atoms with Crippen molar-refractivity contribution in [2.24, 2.45) is 0 Å². The van der Waals surface area contributed by atoms with Crippen LogP contribution in [-0.4, -0.2) is 32.9 Å². The first-order valence-corrected chi connectivity index (χ1v) is 5.21. The van der Waals surface area contributed by atoms with Crippen molar-refractivity contribution in [3.63, 3.8) is 0 Å². The van der Waals surface area contributed by atoms with E-state index in [-0.39, 0.29) is 5.89 Å². The number of nitrogens with zero attached hydrogens (tertiary/aromatic N) is 4. The summed E-state index contributed by atoms with van der Waals surface area (Å²) in [5, 5.41) is 10.1. The van der Waals surface area contributed by atoms with Crippen LogP contribution in [0.3, 0.4) is 0 Å². The number of nitrogens with one attached hydrogen (secondary N) is 1. The summed E-state index contributed by atoms with van der Waals surface area (Å²) in [6.07, 6.45) is 3.43. The van der Waals surface area contributed by atoms with E-state index >= 15 is 0 Å². The number of amides is 1. The molecule has 16 heavy (non-hydrogen) atoms. The van der Waals surface area contributed by atoms with Crippen LogP contribution < -0.4 is 5.32 Å². The number of aromatic nitrogens is 4. The lowest BCUT2D eigenvalue weighted by Gasteiger charge is -1.93. The van der Waals surface area contributed by atoms with Crippen molar-refractivity contribution in [2.75, 3.05) is 7.05 Å². The summed E-state index contributed by atoms with van der Waals surface area (Å²) < 4.78 is 7.26. The number of halogens is 1. The fourth-order valence-corrected chi connectivity index (χ4v) is 1.41. The minimum Gasteiger partial charge on any atom is -0.351 e. The van der Waals surface area contributed by atoms with Gasteiger partial charge in [-0.05, 0) is 15.9 Å². The summed E-state index contributed by atoms with van der Waals surface area (Å²) in [6.45, 7) is 0.353. The maximum Gasteiger partial charge on any atom is 0.315 e. The Morgan fingerprint density at radius 2 is 2.50 bits per heavy atom. The van der Waals surface area contributed by atoms with Gasteiger partial charge < -0.3 is 9.84 Å². The molecule has 8 heteroatoms.